The molecular weight excluding hydrogens is 567 g/mol. The molecule has 0 heterocycles. The number of aliphatic hydroxyl groups is 2. The van der Waals surface area contributed by atoms with E-state index in [1.165, 1.54) is 16.7 Å². The first kappa shape index (κ1) is 30.3. The summed E-state index contributed by atoms with van der Waals surface area (Å²) in [6, 6.07) is 14.6. The van der Waals surface area contributed by atoms with E-state index in [2.05, 4.69) is 73.7 Å². The Hall–Kier alpha value is -1.90. The number of carbonyl (C=O) groups is 1. The molecule has 6 heteroatoms. The van der Waals surface area contributed by atoms with Gasteiger partial charge in [-0.2, -0.15) is 0 Å². The first-order chi connectivity index (χ1) is 17.0. The van der Waals surface area contributed by atoms with Crippen LogP contribution in [0.3, 0.4) is 0 Å². The van der Waals surface area contributed by atoms with Crippen LogP contribution >= 0.6 is 22.6 Å². The number of ether oxygens (including phenoxy) is 1. The van der Waals surface area contributed by atoms with E-state index in [-0.39, 0.29) is 24.9 Å². The number of hydrogen-bond donors (Lipinski definition) is 3. The van der Waals surface area contributed by atoms with Crippen molar-refractivity contribution in [1.29, 1.82) is 0 Å². The van der Waals surface area contributed by atoms with Gasteiger partial charge in [0.05, 0.1) is 11.7 Å². The van der Waals surface area contributed by atoms with Crippen molar-refractivity contribution in [3.05, 3.63) is 70.8 Å². The van der Waals surface area contributed by atoms with Crippen LogP contribution in [0.2, 0.25) is 0 Å². The number of carboxylic acids is 1. The largest absolute Gasteiger partial charge is 0.491 e. The number of alkyl halides is 1. The number of aliphatic carboxylic acids is 1. The minimum Gasteiger partial charge on any atom is -0.491 e. The van der Waals surface area contributed by atoms with Crippen LogP contribution in [-0.2, 0) is 10.2 Å². The Morgan fingerprint density at radius 3 is 2.17 bits per heavy atom. The van der Waals surface area contributed by atoms with Crippen molar-refractivity contribution in [2.45, 2.75) is 87.8 Å². The zero-order valence-corrected chi connectivity index (χ0v) is 24.3. The standard InChI is InChI=1S/C30H41IO5/c1-6-29(35,7-2)18-17-23-9-10-25(19-21(23)4)30(8-3,22(5)31)24-11-14-27(15-12-24)36-20-26(32)13-16-28(33)34/h9-12,14-15,17-19,22,26,32,35H,6-8,13,16,20H2,1-5H3,(H,33,34). The summed E-state index contributed by atoms with van der Waals surface area (Å²) in [5, 5.41) is 29.3. The van der Waals surface area contributed by atoms with Crippen molar-refractivity contribution in [3.63, 3.8) is 0 Å². The lowest BCUT2D eigenvalue weighted by Gasteiger charge is -2.38. The van der Waals surface area contributed by atoms with Gasteiger partial charge in [0.2, 0.25) is 0 Å². The molecule has 3 N–H and O–H groups in total. The van der Waals surface area contributed by atoms with Crippen molar-refractivity contribution in [2.24, 2.45) is 0 Å². The molecule has 0 radical (unpaired) electrons. The zero-order valence-electron chi connectivity index (χ0n) is 22.1. The van der Waals surface area contributed by atoms with Gasteiger partial charge in [0, 0.05) is 15.8 Å². The molecule has 0 aliphatic rings. The summed E-state index contributed by atoms with van der Waals surface area (Å²) in [5.74, 6) is -0.278. The second-order valence-electron chi connectivity index (χ2n) is 9.58. The van der Waals surface area contributed by atoms with Crippen molar-refractivity contribution in [3.8, 4) is 5.75 Å². The van der Waals surface area contributed by atoms with Crippen LogP contribution in [-0.4, -0.2) is 43.5 Å². The van der Waals surface area contributed by atoms with E-state index >= 15 is 0 Å². The van der Waals surface area contributed by atoms with Gasteiger partial charge in [-0.15, -0.1) is 0 Å². The summed E-state index contributed by atoms with van der Waals surface area (Å²) in [6.07, 6.45) is 5.51. The minimum atomic E-state index is -0.926. The van der Waals surface area contributed by atoms with Crippen LogP contribution in [0.25, 0.3) is 6.08 Å². The lowest BCUT2D eigenvalue weighted by atomic mass is 9.70. The van der Waals surface area contributed by atoms with Crippen LogP contribution in [0.5, 0.6) is 5.75 Å². The first-order valence-electron chi connectivity index (χ1n) is 12.8. The lowest BCUT2D eigenvalue weighted by molar-refractivity contribution is -0.137. The monoisotopic (exact) mass is 608 g/mol. The van der Waals surface area contributed by atoms with Crippen LogP contribution < -0.4 is 4.74 Å². The van der Waals surface area contributed by atoms with Crippen LogP contribution in [0.15, 0.2) is 48.5 Å². The zero-order chi connectivity index (χ0) is 26.9. The Balaban J connectivity index is 2.30. The number of benzene rings is 2. The lowest BCUT2D eigenvalue weighted by Crippen LogP contribution is -2.35. The van der Waals surface area contributed by atoms with Gasteiger partial charge < -0.3 is 20.1 Å². The molecule has 2 aromatic carbocycles. The summed E-state index contributed by atoms with van der Waals surface area (Å²) in [6.45, 7) is 10.6. The number of halogens is 1. The third kappa shape index (κ3) is 7.56. The van der Waals surface area contributed by atoms with Crippen LogP contribution in [0.1, 0.15) is 82.1 Å². The van der Waals surface area contributed by atoms with Gasteiger partial charge in [-0.25, -0.2) is 0 Å². The van der Waals surface area contributed by atoms with E-state index in [1.54, 1.807) is 0 Å². The van der Waals surface area contributed by atoms with E-state index in [0.717, 1.165) is 12.0 Å². The molecule has 0 saturated heterocycles. The molecule has 0 amide bonds. The molecule has 0 aliphatic heterocycles. The molecule has 2 aromatic rings. The highest BCUT2D eigenvalue weighted by molar-refractivity contribution is 14.1. The summed E-state index contributed by atoms with van der Waals surface area (Å²) in [7, 11) is 0. The highest BCUT2D eigenvalue weighted by atomic mass is 127. The molecule has 0 spiro atoms. The second kappa shape index (κ2) is 13.6. The van der Waals surface area contributed by atoms with E-state index in [1.807, 2.05) is 38.1 Å². The molecule has 2 rings (SSSR count). The SMILES string of the molecule is CCC(O)(C=Cc1ccc(C(CC)(c2ccc(OCC(O)CCC(=O)O)cc2)C(C)I)cc1C)CC. The average molecular weight is 609 g/mol. The predicted molar refractivity (Wildman–Crippen MR) is 155 cm³/mol. The number of hydrogen-bond acceptors (Lipinski definition) is 4. The van der Waals surface area contributed by atoms with Crippen molar-refractivity contribution in [2.75, 3.05) is 6.61 Å². The van der Waals surface area contributed by atoms with Gasteiger partial charge in [0.25, 0.3) is 0 Å². The molecule has 0 aromatic heterocycles. The molecule has 0 fully saturated rings. The average Bonchev–Trinajstić information content (AvgIpc) is 2.86. The summed E-state index contributed by atoms with van der Waals surface area (Å²) in [4.78, 5) is 10.7. The third-order valence-corrected chi connectivity index (χ3v) is 8.39. The van der Waals surface area contributed by atoms with E-state index < -0.39 is 17.7 Å². The fourth-order valence-corrected chi connectivity index (χ4v) is 5.76. The Kier molecular flexibility index (Phi) is 11.4. The molecule has 5 nitrogen and oxygen atoms in total. The topological polar surface area (TPSA) is 87.0 Å². The number of aliphatic hydroxyl groups excluding tert-OH is 1. The Morgan fingerprint density at radius 1 is 1.06 bits per heavy atom. The Morgan fingerprint density at radius 2 is 1.67 bits per heavy atom. The van der Waals surface area contributed by atoms with E-state index in [9.17, 15) is 15.0 Å². The highest BCUT2D eigenvalue weighted by Gasteiger charge is 2.37. The van der Waals surface area contributed by atoms with Crippen molar-refractivity contribution < 1.29 is 24.9 Å². The number of aryl methyl sites for hydroxylation is 1. The van der Waals surface area contributed by atoms with E-state index in [4.69, 9.17) is 9.84 Å². The van der Waals surface area contributed by atoms with Crippen LogP contribution in [0, 0.1) is 6.92 Å². The molecule has 0 saturated carbocycles. The summed E-state index contributed by atoms with van der Waals surface area (Å²) in [5.41, 5.74) is 3.75. The second-order valence-corrected chi connectivity index (χ2v) is 11.4. The minimum absolute atomic E-state index is 0.0631. The third-order valence-electron chi connectivity index (χ3n) is 7.32. The summed E-state index contributed by atoms with van der Waals surface area (Å²) < 4.78 is 6.02. The maximum absolute atomic E-state index is 10.7. The van der Waals surface area contributed by atoms with Gasteiger partial charge in [-0.1, -0.05) is 92.8 Å². The molecule has 3 atom stereocenters. The van der Waals surface area contributed by atoms with Crippen molar-refractivity contribution in [1.82, 2.24) is 0 Å². The van der Waals surface area contributed by atoms with Gasteiger partial charge >= 0.3 is 5.97 Å². The van der Waals surface area contributed by atoms with Crippen LogP contribution in [0.4, 0.5) is 0 Å². The molecule has 0 aliphatic carbocycles. The van der Waals surface area contributed by atoms with E-state index in [0.29, 0.717) is 22.5 Å². The van der Waals surface area contributed by atoms with Gasteiger partial charge in [0.1, 0.15) is 12.4 Å². The maximum atomic E-state index is 10.7. The summed E-state index contributed by atoms with van der Waals surface area (Å²) >= 11 is 2.51. The fourth-order valence-electron chi connectivity index (χ4n) is 4.60. The molecular formula is C30H41IO5. The Labute approximate surface area is 229 Å². The maximum Gasteiger partial charge on any atom is 0.303 e. The number of carboxylic acid groups (broad SMARTS) is 1. The molecule has 3 unspecified atom stereocenters. The molecule has 36 heavy (non-hydrogen) atoms. The fraction of sp³-hybridized carbons (Fsp3) is 0.500. The molecule has 198 valence electrons. The number of rotatable bonds is 14. The first-order valence-corrected chi connectivity index (χ1v) is 14.1. The van der Waals surface area contributed by atoms with Gasteiger partial charge in [0.15, 0.2) is 0 Å². The van der Waals surface area contributed by atoms with Crippen molar-refractivity contribution >= 4 is 34.6 Å². The highest BCUT2D eigenvalue weighted by Crippen LogP contribution is 2.43. The van der Waals surface area contributed by atoms with Gasteiger partial charge in [-0.05, 0) is 67.0 Å². The quantitative estimate of drug-likeness (QED) is 0.165. The predicted octanol–water partition coefficient (Wildman–Crippen LogP) is 6.68. The molecule has 0 bridgehead atoms. The van der Waals surface area contributed by atoms with Gasteiger partial charge in [-0.3, -0.25) is 4.79 Å². The Bertz CT molecular complexity index is 1010. The smallest absolute Gasteiger partial charge is 0.303 e. The normalized spacial score (nSPS) is 15.4.